The first-order valence-corrected chi connectivity index (χ1v) is 15.1. The molecule has 0 amide bonds. The first kappa shape index (κ1) is 35.3. The van der Waals surface area contributed by atoms with Crippen molar-refractivity contribution in [1.82, 2.24) is 20.2 Å². The van der Waals surface area contributed by atoms with Gasteiger partial charge in [-0.3, -0.25) is 4.79 Å². The van der Waals surface area contributed by atoms with Gasteiger partial charge in [0.05, 0.1) is 24.1 Å². The van der Waals surface area contributed by atoms with E-state index in [0.717, 1.165) is 61.1 Å². The highest BCUT2D eigenvalue weighted by Gasteiger charge is 2.37. The van der Waals surface area contributed by atoms with Crippen molar-refractivity contribution in [3.63, 3.8) is 0 Å². The summed E-state index contributed by atoms with van der Waals surface area (Å²) < 4.78 is 81.9. The molecule has 1 heterocycles. The summed E-state index contributed by atoms with van der Waals surface area (Å²) in [5.41, 5.74) is 1.23. The average Bonchev–Trinajstić information content (AvgIpc) is 3.63. The molecule has 1 aromatic heterocycles. The van der Waals surface area contributed by atoms with Crippen LogP contribution in [0, 0.1) is 11.8 Å². The molecule has 0 radical (unpaired) electrons. The van der Waals surface area contributed by atoms with Crippen LogP contribution in [0.2, 0.25) is 0 Å². The largest absolute Gasteiger partial charge is 0.481 e. The van der Waals surface area contributed by atoms with Gasteiger partial charge in [0.25, 0.3) is 5.95 Å². The second-order valence-corrected chi connectivity index (χ2v) is 12.0. The fraction of sp³-hybridized carbons (Fsp3) is 0.548. The Kier molecular flexibility index (Phi) is 10.8. The number of aliphatic carboxylic acids is 1. The van der Waals surface area contributed by atoms with E-state index in [0.29, 0.717) is 31.8 Å². The van der Waals surface area contributed by atoms with Gasteiger partial charge >= 0.3 is 18.3 Å². The Morgan fingerprint density at radius 1 is 0.913 bits per heavy atom. The molecule has 0 bridgehead atoms. The summed E-state index contributed by atoms with van der Waals surface area (Å²) in [6, 6.07) is 5.81. The van der Waals surface area contributed by atoms with Gasteiger partial charge in [0, 0.05) is 31.9 Å². The van der Waals surface area contributed by atoms with E-state index >= 15 is 0 Å². The topological polar surface area (TPSA) is 87.4 Å². The van der Waals surface area contributed by atoms with Crippen LogP contribution in [0.25, 0.3) is 0 Å². The van der Waals surface area contributed by atoms with Crippen LogP contribution < -0.4 is 9.80 Å². The van der Waals surface area contributed by atoms with Gasteiger partial charge in [-0.1, -0.05) is 11.2 Å². The number of rotatable bonds is 10. The summed E-state index contributed by atoms with van der Waals surface area (Å²) in [6.45, 7) is 3.20. The molecule has 1 saturated carbocycles. The first-order chi connectivity index (χ1) is 21.2. The third-order valence-electron chi connectivity index (χ3n) is 8.85. The maximum Gasteiger partial charge on any atom is 0.416 e. The normalized spacial score (nSPS) is 18.2. The summed E-state index contributed by atoms with van der Waals surface area (Å²) in [7, 11) is 1.53. The van der Waals surface area contributed by atoms with Gasteiger partial charge in [0.2, 0.25) is 0 Å². The summed E-state index contributed by atoms with van der Waals surface area (Å²) in [6.07, 6.45) is -4.32. The molecule has 2 aliphatic carbocycles. The van der Waals surface area contributed by atoms with E-state index in [1.165, 1.54) is 17.4 Å². The lowest BCUT2D eigenvalue weighted by atomic mass is 9.81. The molecule has 2 aliphatic rings. The number of hydrogen-bond donors (Lipinski definition) is 1. The lowest BCUT2D eigenvalue weighted by molar-refractivity contribution is -0.144. The van der Waals surface area contributed by atoms with E-state index < -0.39 is 29.4 Å². The van der Waals surface area contributed by atoms with Crippen LogP contribution in [-0.2, 0) is 50.1 Å². The van der Waals surface area contributed by atoms with E-state index in [-0.39, 0.29) is 49.0 Å². The molecule has 5 rings (SSSR count). The zero-order valence-corrected chi connectivity index (χ0v) is 26.4. The molecule has 0 saturated heterocycles. The SMILES string of the molecule is CCN(CC1CCC(C(=O)O)CC1)c1cc2c(cc1CN(Cc1cc(C(F)(F)F)cc(C(F)(F)F)c1)c1nnn(C)n1)CCC2.Cl. The predicted molar refractivity (Wildman–Crippen MR) is 162 cm³/mol. The number of halogens is 7. The van der Waals surface area contributed by atoms with Gasteiger partial charge in [-0.25, -0.2) is 0 Å². The molecular weight excluding hydrogens is 638 g/mol. The van der Waals surface area contributed by atoms with E-state index in [1.54, 1.807) is 4.90 Å². The molecule has 8 nitrogen and oxygen atoms in total. The fourth-order valence-electron chi connectivity index (χ4n) is 6.52. The minimum atomic E-state index is -4.97. The number of tetrazole rings is 1. The number of carboxylic acid groups (broad SMARTS) is 1. The van der Waals surface area contributed by atoms with E-state index in [9.17, 15) is 36.2 Å². The number of nitrogens with zero attached hydrogens (tertiary/aromatic N) is 6. The van der Waals surface area contributed by atoms with Crippen molar-refractivity contribution in [3.05, 3.63) is 63.7 Å². The molecule has 46 heavy (non-hydrogen) atoms. The molecule has 0 atom stereocenters. The third kappa shape index (κ3) is 8.23. The molecule has 0 aliphatic heterocycles. The van der Waals surface area contributed by atoms with Gasteiger partial charge in [-0.15, -0.1) is 17.5 Å². The number of hydrogen-bond acceptors (Lipinski definition) is 6. The zero-order valence-electron chi connectivity index (χ0n) is 25.5. The molecule has 0 spiro atoms. The van der Waals surface area contributed by atoms with Crippen molar-refractivity contribution in [2.75, 3.05) is 22.9 Å². The number of benzene rings is 2. The van der Waals surface area contributed by atoms with Gasteiger partial charge in [0.1, 0.15) is 0 Å². The Morgan fingerprint density at radius 2 is 1.52 bits per heavy atom. The van der Waals surface area contributed by atoms with Gasteiger partial charge < -0.3 is 14.9 Å². The number of aromatic nitrogens is 4. The maximum absolute atomic E-state index is 13.7. The first-order valence-electron chi connectivity index (χ1n) is 15.1. The Morgan fingerprint density at radius 3 is 2.04 bits per heavy atom. The molecule has 3 aromatic rings. The molecule has 1 N–H and O–H groups in total. The van der Waals surface area contributed by atoms with Crippen molar-refractivity contribution in [2.45, 2.75) is 77.3 Å². The smallest absolute Gasteiger partial charge is 0.416 e. The second kappa shape index (κ2) is 14.1. The lowest BCUT2D eigenvalue weighted by Gasteiger charge is -2.34. The second-order valence-electron chi connectivity index (χ2n) is 12.0. The average molecular weight is 675 g/mol. The Labute approximate surface area is 269 Å². The molecular formula is C31H37ClF6N6O2. The van der Waals surface area contributed by atoms with Crippen LogP contribution in [0.4, 0.5) is 38.0 Å². The zero-order chi connectivity index (χ0) is 32.5. The van der Waals surface area contributed by atoms with E-state index in [4.69, 9.17) is 0 Å². The van der Waals surface area contributed by atoms with Gasteiger partial charge in [0.15, 0.2) is 0 Å². The minimum Gasteiger partial charge on any atom is -0.481 e. The highest BCUT2D eigenvalue weighted by atomic mass is 35.5. The Hall–Kier alpha value is -3.55. The molecule has 1 fully saturated rings. The van der Waals surface area contributed by atoms with E-state index in [1.807, 2.05) is 6.92 Å². The predicted octanol–water partition coefficient (Wildman–Crippen LogP) is 7.08. The van der Waals surface area contributed by atoms with Crippen LogP contribution in [0.15, 0.2) is 30.3 Å². The highest BCUT2D eigenvalue weighted by molar-refractivity contribution is 5.85. The van der Waals surface area contributed by atoms with Crippen LogP contribution >= 0.6 is 12.4 Å². The maximum atomic E-state index is 13.7. The number of carbonyl (C=O) groups is 1. The number of fused-ring (bicyclic) bond motifs is 1. The van der Waals surface area contributed by atoms with Crippen molar-refractivity contribution in [1.29, 1.82) is 0 Å². The van der Waals surface area contributed by atoms with Crippen molar-refractivity contribution in [3.8, 4) is 0 Å². The van der Waals surface area contributed by atoms with Crippen LogP contribution in [-0.4, -0.2) is 44.4 Å². The highest BCUT2D eigenvalue weighted by Crippen LogP contribution is 2.38. The third-order valence-corrected chi connectivity index (χ3v) is 8.85. The van der Waals surface area contributed by atoms with Gasteiger partial charge in [-0.2, -0.15) is 31.1 Å². The van der Waals surface area contributed by atoms with Crippen molar-refractivity contribution in [2.24, 2.45) is 18.9 Å². The Balaban J connectivity index is 0.00000480. The minimum absolute atomic E-state index is 0. The monoisotopic (exact) mass is 674 g/mol. The van der Waals surface area contributed by atoms with Gasteiger partial charge in [-0.05, 0) is 110 Å². The molecule has 15 heteroatoms. The molecule has 252 valence electrons. The number of carboxylic acids is 1. The molecule has 0 unspecified atom stereocenters. The fourth-order valence-corrected chi connectivity index (χ4v) is 6.52. The quantitative estimate of drug-likeness (QED) is 0.230. The standard InChI is InChI=1S/C31H36F6N6O2.ClH/c1-3-42(16-19-7-9-21(10-8-19)28(44)45)27-14-23-6-4-5-22(23)13-24(27)18-43(29-38-40-41(2)39-29)17-20-11-25(30(32,33)34)15-26(12-20)31(35,36)37;/h11-15,19,21H,3-10,16-18H2,1-2H3,(H,44,45);1H. The van der Waals surface area contributed by atoms with Crippen molar-refractivity contribution >= 4 is 30.0 Å². The van der Waals surface area contributed by atoms with Crippen molar-refractivity contribution < 1.29 is 36.2 Å². The van der Waals surface area contributed by atoms with Crippen LogP contribution in [0.3, 0.4) is 0 Å². The summed E-state index contributed by atoms with van der Waals surface area (Å²) >= 11 is 0. The number of anilines is 2. The van der Waals surface area contributed by atoms with Crippen LogP contribution in [0.5, 0.6) is 0 Å². The van der Waals surface area contributed by atoms with E-state index in [2.05, 4.69) is 32.4 Å². The lowest BCUT2D eigenvalue weighted by Crippen LogP contribution is -2.34. The van der Waals surface area contributed by atoms with Crippen LogP contribution in [0.1, 0.15) is 72.4 Å². The number of alkyl halides is 6. The Bertz CT molecular complexity index is 1490. The molecule has 2 aromatic carbocycles. The number of aryl methyl sites for hydroxylation is 3. The summed E-state index contributed by atoms with van der Waals surface area (Å²) in [5, 5.41) is 21.6. The summed E-state index contributed by atoms with van der Waals surface area (Å²) in [5.74, 6) is -0.716. The summed E-state index contributed by atoms with van der Waals surface area (Å²) in [4.78, 5) is 16.4.